The molecule has 0 saturated heterocycles. The zero-order chi connectivity index (χ0) is 13.8. The fraction of sp³-hybridized carbons (Fsp3) is 0.250. The fourth-order valence-electron chi connectivity index (χ4n) is 2.07. The molecule has 2 aromatic rings. The first-order chi connectivity index (χ1) is 9.15. The van der Waals surface area contributed by atoms with Crippen molar-refractivity contribution in [1.29, 1.82) is 0 Å². The summed E-state index contributed by atoms with van der Waals surface area (Å²) in [6.07, 6.45) is 0. The van der Waals surface area contributed by atoms with Gasteiger partial charge in [-0.15, -0.1) is 11.6 Å². The van der Waals surface area contributed by atoms with Crippen LogP contribution in [0.1, 0.15) is 18.1 Å². The molecule has 0 radical (unpaired) electrons. The van der Waals surface area contributed by atoms with Crippen molar-refractivity contribution < 1.29 is 4.39 Å². The van der Waals surface area contributed by atoms with Crippen LogP contribution in [0.25, 0.3) is 0 Å². The molecule has 0 amide bonds. The van der Waals surface area contributed by atoms with Crippen molar-refractivity contribution in [3.8, 4) is 0 Å². The van der Waals surface area contributed by atoms with Gasteiger partial charge in [0.2, 0.25) is 0 Å². The SMILES string of the molecule is CCN(c1ccc(C)cc1)c1ccc(CCl)cc1F. The van der Waals surface area contributed by atoms with Gasteiger partial charge in [0.15, 0.2) is 0 Å². The Kier molecular flexibility index (Phi) is 4.43. The molecule has 100 valence electrons. The molecule has 0 spiro atoms. The van der Waals surface area contributed by atoms with Gasteiger partial charge in [-0.1, -0.05) is 23.8 Å². The van der Waals surface area contributed by atoms with Gasteiger partial charge in [0.25, 0.3) is 0 Å². The molecular weight excluding hydrogens is 261 g/mol. The third kappa shape index (κ3) is 3.07. The maximum Gasteiger partial charge on any atom is 0.147 e. The van der Waals surface area contributed by atoms with Gasteiger partial charge in [0, 0.05) is 18.1 Å². The van der Waals surface area contributed by atoms with E-state index < -0.39 is 0 Å². The van der Waals surface area contributed by atoms with E-state index in [0.29, 0.717) is 18.1 Å². The molecule has 0 fully saturated rings. The predicted octanol–water partition coefficient (Wildman–Crippen LogP) is 5.03. The van der Waals surface area contributed by atoms with E-state index in [1.165, 1.54) is 11.6 Å². The normalized spacial score (nSPS) is 10.5. The van der Waals surface area contributed by atoms with Crippen LogP contribution in [0.5, 0.6) is 0 Å². The van der Waals surface area contributed by atoms with Crippen molar-refractivity contribution in [3.05, 3.63) is 59.4 Å². The summed E-state index contributed by atoms with van der Waals surface area (Å²) in [5.74, 6) is 0.0917. The van der Waals surface area contributed by atoms with Crippen molar-refractivity contribution in [1.82, 2.24) is 0 Å². The Labute approximate surface area is 118 Å². The minimum Gasteiger partial charge on any atom is -0.339 e. The summed E-state index contributed by atoms with van der Waals surface area (Å²) in [5, 5.41) is 0. The number of aryl methyl sites for hydroxylation is 1. The van der Waals surface area contributed by atoms with Crippen LogP contribution in [-0.4, -0.2) is 6.54 Å². The Morgan fingerprint density at radius 1 is 1.11 bits per heavy atom. The van der Waals surface area contributed by atoms with Crippen molar-refractivity contribution in [3.63, 3.8) is 0 Å². The minimum absolute atomic E-state index is 0.236. The number of hydrogen-bond acceptors (Lipinski definition) is 1. The third-order valence-corrected chi connectivity index (χ3v) is 3.43. The van der Waals surface area contributed by atoms with E-state index in [1.807, 2.05) is 49.1 Å². The standard InChI is InChI=1S/C16H17ClFN/c1-3-19(14-7-4-12(2)5-8-14)16-9-6-13(11-17)10-15(16)18/h4-10H,3,11H2,1-2H3. The van der Waals surface area contributed by atoms with Crippen LogP contribution >= 0.6 is 11.6 Å². The molecule has 0 unspecified atom stereocenters. The first-order valence-corrected chi connectivity index (χ1v) is 6.87. The van der Waals surface area contributed by atoms with Crippen molar-refractivity contribution >= 4 is 23.0 Å². The van der Waals surface area contributed by atoms with E-state index in [2.05, 4.69) is 0 Å². The average Bonchev–Trinajstić information content (AvgIpc) is 2.43. The topological polar surface area (TPSA) is 3.24 Å². The molecule has 2 rings (SSSR count). The molecule has 0 bridgehead atoms. The summed E-state index contributed by atoms with van der Waals surface area (Å²) in [6, 6.07) is 13.2. The van der Waals surface area contributed by atoms with E-state index in [0.717, 1.165) is 11.3 Å². The highest BCUT2D eigenvalue weighted by Gasteiger charge is 2.12. The number of nitrogens with zero attached hydrogens (tertiary/aromatic N) is 1. The molecule has 0 heterocycles. The van der Waals surface area contributed by atoms with Gasteiger partial charge in [-0.2, -0.15) is 0 Å². The molecule has 0 N–H and O–H groups in total. The highest BCUT2D eigenvalue weighted by atomic mass is 35.5. The second-order valence-electron chi connectivity index (χ2n) is 4.50. The zero-order valence-electron chi connectivity index (χ0n) is 11.2. The van der Waals surface area contributed by atoms with Gasteiger partial charge < -0.3 is 4.90 Å². The van der Waals surface area contributed by atoms with Crippen molar-refractivity contribution in [2.24, 2.45) is 0 Å². The monoisotopic (exact) mass is 277 g/mol. The second-order valence-corrected chi connectivity index (χ2v) is 4.77. The highest BCUT2D eigenvalue weighted by molar-refractivity contribution is 6.17. The number of alkyl halides is 1. The first-order valence-electron chi connectivity index (χ1n) is 6.34. The summed E-state index contributed by atoms with van der Waals surface area (Å²) in [6.45, 7) is 4.75. The summed E-state index contributed by atoms with van der Waals surface area (Å²) >= 11 is 5.72. The summed E-state index contributed by atoms with van der Waals surface area (Å²) in [7, 11) is 0. The number of rotatable bonds is 4. The molecule has 0 aromatic heterocycles. The largest absolute Gasteiger partial charge is 0.339 e. The summed E-state index contributed by atoms with van der Waals surface area (Å²) in [4.78, 5) is 1.95. The fourth-order valence-corrected chi connectivity index (χ4v) is 2.24. The number of benzene rings is 2. The quantitative estimate of drug-likeness (QED) is 0.709. The van der Waals surface area contributed by atoms with Crippen LogP contribution in [0, 0.1) is 12.7 Å². The van der Waals surface area contributed by atoms with Crippen LogP contribution < -0.4 is 4.90 Å². The molecule has 19 heavy (non-hydrogen) atoms. The lowest BCUT2D eigenvalue weighted by atomic mass is 10.1. The summed E-state index contributed by atoms with van der Waals surface area (Å²) in [5.41, 5.74) is 3.56. The Balaban J connectivity index is 2.39. The molecule has 1 nitrogen and oxygen atoms in total. The lowest BCUT2D eigenvalue weighted by Crippen LogP contribution is -2.17. The Morgan fingerprint density at radius 3 is 2.32 bits per heavy atom. The van der Waals surface area contributed by atoms with Crippen molar-refractivity contribution in [2.75, 3.05) is 11.4 Å². The molecule has 3 heteroatoms. The molecule has 0 atom stereocenters. The Morgan fingerprint density at radius 2 is 1.79 bits per heavy atom. The zero-order valence-corrected chi connectivity index (χ0v) is 11.9. The third-order valence-electron chi connectivity index (χ3n) is 3.12. The van der Waals surface area contributed by atoms with Crippen LogP contribution in [0.4, 0.5) is 15.8 Å². The smallest absolute Gasteiger partial charge is 0.147 e. The van der Waals surface area contributed by atoms with Gasteiger partial charge in [-0.3, -0.25) is 0 Å². The van der Waals surface area contributed by atoms with Gasteiger partial charge >= 0.3 is 0 Å². The predicted molar refractivity (Wildman–Crippen MR) is 79.8 cm³/mol. The van der Waals surface area contributed by atoms with Gasteiger partial charge in [-0.05, 0) is 43.7 Å². The van der Waals surface area contributed by atoms with E-state index in [4.69, 9.17) is 11.6 Å². The summed E-state index contributed by atoms with van der Waals surface area (Å²) < 4.78 is 14.1. The lowest BCUT2D eigenvalue weighted by molar-refractivity contribution is 0.624. The van der Waals surface area contributed by atoms with Crippen LogP contribution in [0.15, 0.2) is 42.5 Å². The lowest BCUT2D eigenvalue weighted by Gasteiger charge is -2.24. The maximum absolute atomic E-state index is 14.1. The highest BCUT2D eigenvalue weighted by Crippen LogP contribution is 2.28. The Hall–Kier alpha value is -1.54. The number of anilines is 2. The van der Waals surface area contributed by atoms with E-state index >= 15 is 0 Å². The number of hydrogen-bond donors (Lipinski definition) is 0. The van der Waals surface area contributed by atoms with Gasteiger partial charge in [-0.25, -0.2) is 4.39 Å². The Bertz CT molecular complexity index is 551. The molecular formula is C16H17ClFN. The molecule has 2 aromatic carbocycles. The number of halogens is 2. The van der Waals surface area contributed by atoms with Crippen LogP contribution in [0.2, 0.25) is 0 Å². The van der Waals surface area contributed by atoms with Crippen LogP contribution in [-0.2, 0) is 5.88 Å². The van der Waals surface area contributed by atoms with E-state index in [9.17, 15) is 4.39 Å². The maximum atomic E-state index is 14.1. The molecule has 0 aliphatic heterocycles. The molecule has 0 aliphatic rings. The van der Waals surface area contributed by atoms with Gasteiger partial charge in [0.1, 0.15) is 5.82 Å². The first kappa shape index (κ1) is 13.9. The van der Waals surface area contributed by atoms with Crippen molar-refractivity contribution in [2.45, 2.75) is 19.7 Å². The average molecular weight is 278 g/mol. The minimum atomic E-state index is -0.236. The van der Waals surface area contributed by atoms with Crippen LogP contribution in [0.3, 0.4) is 0 Å². The van der Waals surface area contributed by atoms with E-state index in [-0.39, 0.29) is 5.82 Å². The molecule has 0 saturated carbocycles. The van der Waals surface area contributed by atoms with E-state index in [1.54, 1.807) is 6.07 Å². The van der Waals surface area contributed by atoms with Gasteiger partial charge in [0.05, 0.1) is 5.69 Å². The molecule has 0 aliphatic carbocycles. The second kappa shape index (κ2) is 6.07.